The van der Waals surface area contributed by atoms with Crippen LogP contribution >= 0.6 is 11.3 Å². The van der Waals surface area contributed by atoms with Gasteiger partial charge in [0, 0.05) is 11.1 Å². The summed E-state index contributed by atoms with van der Waals surface area (Å²) in [6.07, 6.45) is 1.55. The number of hydrogen-bond acceptors (Lipinski definition) is 3. The average molecular weight is 143 g/mol. The highest BCUT2D eigenvalue weighted by Crippen LogP contribution is 2.09. The summed E-state index contributed by atoms with van der Waals surface area (Å²) in [6.45, 7) is 1.82. The van der Waals surface area contributed by atoms with E-state index in [2.05, 4.69) is 4.98 Å². The van der Waals surface area contributed by atoms with E-state index in [9.17, 15) is 4.79 Å². The van der Waals surface area contributed by atoms with Crippen LogP contribution in [0.2, 0.25) is 0 Å². The molecule has 0 fully saturated rings. The highest BCUT2D eigenvalue weighted by molar-refractivity contribution is 7.13. The van der Waals surface area contributed by atoms with Crippen molar-refractivity contribution < 1.29 is 9.90 Å². The van der Waals surface area contributed by atoms with Gasteiger partial charge in [-0.3, -0.25) is 0 Å². The van der Waals surface area contributed by atoms with Gasteiger partial charge in [0.05, 0.1) is 0 Å². The number of carbonyl (C=O) groups is 1. The van der Waals surface area contributed by atoms with E-state index >= 15 is 0 Å². The number of aromatic carboxylic acids is 1. The Balaban J connectivity index is 2.98. The Morgan fingerprint density at radius 2 is 2.56 bits per heavy atom. The van der Waals surface area contributed by atoms with E-state index in [0.717, 1.165) is 4.88 Å². The van der Waals surface area contributed by atoms with Crippen LogP contribution in [0.3, 0.4) is 0 Å². The molecule has 0 unspecified atom stereocenters. The van der Waals surface area contributed by atoms with E-state index in [1.165, 1.54) is 11.3 Å². The smallest absolute Gasteiger partial charge is 0.365 e. The molecule has 4 heteroatoms. The normalized spacial score (nSPS) is 9.44. The molecular weight excluding hydrogens is 138 g/mol. The molecule has 0 bridgehead atoms. The Bertz CT molecular complexity index is 231. The summed E-state index contributed by atoms with van der Waals surface area (Å²) in [5.41, 5.74) is 0. The molecule has 0 amide bonds. The number of aromatic nitrogens is 1. The van der Waals surface area contributed by atoms with Crippen LogP contribution < -0.4 is 0 Å². The number of carboxylic acid groups (broad SMARTS) is 1. The fourth-order valence-electron chi connectivity index (χ4n) is 0.454. The Hall–Kier alpha value is -0.900. The lowest BCUT2D eigenvalue weighted by atomic mass is 10.6. The first kappa shape index (κ1) is 6.22. The van der Waals surface area contributed by atoms with E-state index in [0.29, 0.717) is 0 Å². The van der Waals surface area contributed by atoms with Gasteiger partial charge in [0.15, 0.2) is 0 Å². The summed E-state index contributed by atoms with van der Waals surface area (Å²) in [5, 5.41) is 8.51. The van der Waals surface area contributed by atoms with Gasteiger partial charge in [0.1, 0.15) is 0 Å². The first-order valence-corrected chi connectivity index (χ1v) is 3.17. The van der Waals surface area contributed by atoms with Crippen molar-refractivity contribution in [1.82, 2.24) is 4.98 Å². The van der Waals surface area contributed by atoms with Crippen molar-refractivity contribution >= 4 is 17.3 Å². The van der Waals surface area contributed by atoms with Gasteiger partial charge in [0.2, 0.25) is 5.01 Å². The van der Waals surface area contributed by atoms with Gasteiger partial charge in [-0.05, 0) is 6.92 Å². The summed E-state index contributed by atoms with van der Waals surface area (Å²) in [4.78, 5) is 14.7. The zero-order chi connectivity index (χ0) is 6.85. The highest BCUT2D eigenvalue weighted by atomic mass is 32.1. The fourth-order valence-corrected chi connectivity index (χ4v) is 1.06. The SMILES string of the molecule is Cc1cnc(C(=O)O)s1. The third-order valence-electron chi connectivity index (χ3n) is 0.804. The number of carboxylic acids is 1. The van der Waals surface area contributed by atoms with Gasteiger partial charge in [-0.25, -0.2) is 9.78 Å². The van der Waals surface area contributed by atoms with Crippen LogP contribution in [0.15, 0.2) is 6.20 Å². The van der Waals surface area contributed by atoms with Gasteiger partial charge in [-0.1, -0.05) is 0 Å². The van der Waals surface area contributed by atoms with Gasteiger partial charge in [-0.2, -0.15) is 0 Å². The fraction of sp³-hybridized carbons (Fsp3) is 0.200. The van der Waals surface area contributed by atoms with Gasteiger partial charge < -0.3 is 5.11 Å². The molecule has 0 aliphatic heterocycles. The van der Waals surface area contributed by atoms with Gasteiger partial charge in [0.25, 0.3) is 0 Å². The topological polar surface area (TPSA) is 50.2 Å². The zero-order valence-electron chi connectivity index (χ0n) is 4.79. The minimum absolute atomic E-state index is 0.160. The number of aryl methyl sites for hydroxylation is 1. The third kappa shape index (κ3) is 1.26. The second-order valence-electron chi connectivity index (χ2n) is 1.58. The molecule has 0 spiro atoms. The minimum atomic E-state index is -0.951. The summed E-state index contributed by atoms with van der Waals surface area (Å²) < 4.78 is 0. The molecule has 0 radical (unpaired) electrons. The van der Waals surface area contributed by atoms with Crippen LogP contribution in [0.25, 0.3) is 0 Å². The zero-order valence-corrected chi connectivity index (χ0v) is 5.60. The van der Waals surface area contributed by atoms with Crippen molar-refractivity contribution in [3.63, 3.8) is 0 Å². The molecule has 0 saturated carbocycles. The second-order valence-corrected chi connectivity index (χ2v) is 2.82. The number of thiazole rings is 1. The van der Waals surface area contributed by atoms with Crippen LogP contribution in [-0.4, -0.2) is 16.1 Å². The Kier molecular flexibility index (Phi) is 1.48. The molecular formula is C5H5NO2S. The van der Waals surface area contributed by atoms with E-state index in [1.54, 1.807) is 6.20 Å². The number of rotatable bonds is 1. The lowest BCUT2D eigenvalue weighted by Gasteiger charge is -1.78. The van der Waals surface area contributed by atoms with E-state index in [4.69, 9.17) is 5.11 Å². The molecule has 0 aliphatic carbocycles. The molecule has 0 aromatic carbocycles. The molecule has 1 aromatic heterocycles. The predicted octanol–water partition coefficient (Wildman–Crippen LogP) is 1.15. The number of nitrogens with zero attached hydrogens (tertiary/aromatic N) is 1. The molecule has 1 N–H and O–H groups in total. The molecule has 0 aliphatic rings. The first-order valence-electron chi connectivity index (χ1n) is 2.36. The predicted molar refractivity (Wildman–Crippen MR) is 33.8 cm³/mol. The summed E-state index contributed by atoms with van der Waals surface area (Å²) in [6, 6.07) is 0. The molecule has 1 rings (SSSR count). The number of hydrogen-bond donors (Lipinski definition) is 1. The van der Waals surface area contributed by atoms with Crippen molar-refractivity contribution in [3.05, 3.63) is 16.1 Å². The molecule has 0 atom stereocenters. The Labute approximate surface area is 56.0 Å². The van der Waals surface area contributed by atoms with Crippen molar-refractivity contribution in [2.24, 2.45) is 0 Å². The first-order chi connectivity index (χ1) is 4.20. The van der Waals surface area contributed by atoms with Crippen LogP contribution in [0.5, 0.6) is 0 Å². The maximum atomic E-state index is 10.2. The summed E-state index contributed by atoms with van der Waals surface area (Å²) in [5.74, 6) is -0.951. The van der Waals surface area contributed by atoms with Crippen molar-refractivity contribution in [2.75, 3.05) is 0 Å². The monoisotopic (exact) mass is 143 g/mol. The lowest BCUT2D eigenvalue weighted by Crippen LogP contribution is -1.92. The average Bonchev–Trinajstić information content (AvgIpc) is 2.14. The molecule has 9 heavy (non-hydrogen) atoms. The maximum absolute atomic E-state index is 10.2. The minimum Gasteiger partial charge on any atom is -0.476 e. The van der Waals surface area contributed by atoms with Crippen molar-refractivity contribution in [3.8, 4) is 0 Å². The Morgan fingerprint density at radius 3 is 2.78 bits per heavy atom. The van der Waals surface area contributed by atoms with E-state index in [1.807, 2.05) is 6.92 Å². The quantitative estimate of drug-likeness (QED) is 0.641. The summed E-state index contributed by atoms with van der Waals surface area (Å²) >= 11 is 1.19. The Morgan fingerprint density at radius 1 is 1.89 bits per heavy atom. The van der Waals surface area contributed by atoms with Gasteiger partial charge >= 0.3 is 5.97 Å². The van der Waals surface area contributed by atoms with Gasteiger partial charge in [-0.15, -0.1) is 11.3 Å². The lowest BCUT2D eigenvalue weighted by molar-refractivity contribution is 0.0696. The van der Waals surface area contributed by atoms with Crippen LogP contribution in [-0.2, 0) is 0 Å². The molecule has 3 nitrogen and oxygen atoms in total. The van der Waals surface area contributed by atoms with Crippen molar-refractivity contribution in [2.45, 2.75) is 6.92 Å². The molecule has 48 valence electrons. The second kappa shape index (κ2) is 2.14. The molecule has 1 heterocycles. The van der Waals surface area contributed by atoms with Crippen LogP contribution in [0, 0.1) is 6.92 Å². The highest BCUT2D eigenvalue weighted by Gasteiger charge is 2.04. The summed E-state index contributed by atoms with van der Waals surface area (Å²) in [7, 11) is 0. The largest absolute Gasteiger partial charge is 0.476 e. The standard InChI is InChI=1S/C5H5NO2S/c1-3-2-6-4(9-3)5(7)8/h2H,1H3,(H,7,8). The van der Waals surface area contributed by atoms with E-state index in [-0.39, 0.29) is 5.01 Å². The maximum Gasteiger partial charge on any atom is 0.365 e. The van der Waals surface area contributed by atoms with Crippen molar-refractivity contribution in [1.29, 1.82) is 0 Å². The molecule has 1 aromatic rings. The third-order valence-corrected chi connectivity index (χ3v) is 1.70. The van der Waals surface area contributed by atoms with E-state index < -0.39 is 5.97 Å². The molecule has 0 saturated heterocycles. The van der Waals surface area contributed by atoms with Crippen LogP contribution in [0.4, 0.5) is 0 Å². The van der Waals surface area contributed by atoms with Crippen LogP contribution in [0.1, 0.15) is 14.7 Å².